The Morgan fingerprint density at radius 1 is 1.11 bits per heavy atom. The van der Waals surface area contributed by atoms with Gasteiger partial charge in [-0.2, -0.15) is 18.4 Å². The molecule has 4 heterocycles. The first kappa shape index (κ1) is 33.3. The second-order valence-electron chi connectivity index (χ2n) is 12.7. The van der Waals surface area contributed by atoms with Crippen molar-refractivity contribution in [3.63, 3.8) is 0 Å². The number of carbonyl (C=O) groups is 1. The minimum atomic E-state index is -4.41. The number of likely N-dealkylation sites (tertiary alicyclic amines) is 2. The predicted octanol–water partition coefficient (Wildman–Crippen LogP) is 4.01. The average molecular weight is 636 g/mol. The lowest BCUT2D eigenvalue weighted by Gasteiger charge is -2.33. The number of halogens is 3. The van der Waals surface area contributed by atoms with E-state index in [1.165, 1.54) is 4.57 Å². The van der Waals surface area contributed by atoms with E-state index in [1.807, 2.05) is 21.9 Å². The smallest absolute Gasteiger partial charge is 0.392 e. The number of piperidine rings is 1. The Morgan fingerprint density at radius 3 is 2.54 bits per heavy atom. The van der Waals surface area contributed by atoms with Crippen molar-refractivity contribution in [2.24, 2.45) is 0 Å². The molecule has 9 nitrogen and oxygen atoms in total. The van der Waals surface area contributed by atoms with Crippen LogP contribution in [0.15, 0.2) is 42.6 Å². The molecule has 0 bridgehead atoms. The first-order valence-corrected chi connectivity index (χ1v) is 15.6. The molecule has 3 aromatic rings. The zero-order valence-corrected chi connectivity index (χ0v) is 26.2. The van der Waals surface area contributed by atoms with E-state index in [0.717, 1.165) is 24.9 Å². The van der Waals surface area contributed by atoms with Crippen LogP contribution in [-0.2, 0) is 23.3 Å². The molecule has 2 aliphatic heterocycles. The third kappa shape index (κ3) is 8.58. The van der Waals surface area contributed by atoms with Crippen LogP contribution in [0.25, 0.3) is 10.9 Å². The zero-order valence-electron chi connectivity index (χ0n) is 26.2. The number of carbonyl (C=O) groups excluding carboxylic acids is 1. The summed E-state index contributed by atoms with van der Waals surface area (Å²) in [4.78, 5) is 20.9. The van der Waals surface area contributed by atoms with Gasteiger partial charge in [0.1, 0.15) is 6.54 Å². The van der Waals surface area contributed by atoms with E-state index >= 15 is 0 Å². The zero-order chi connectivity index (χ0) is 32.9. The number of fused-ring (bicyclic) bond motifs is 1. The van der Waals surface area contributed by atoms with Crippen LogP contribution in [0.1, 0.15) is 50.1 Å². The molecule has 1 aromatic carbocycles. The summed E-state index contributed by atoms with van der Waals surface area (Å²) >= 11 is 0. The predicted molar refractivity (Wildman–Crippen MR) is 170 cm³/mol. The van der Waals surface area contributed by atoms with Crippen LogP contribution in [0.2, 0.25) is 0 Å². The Morgan fingerprint density at radius 2 is 1.89 bits per heavy atom. The van der Waals surface area contributed by atoms with E-state index < -0.39 is 18.1 Å². The number of pyridine rings is 1. The van der Waals surface area contributed by atoms with E-state index in [2.05, 4.69) is 33.5 Å². The van der Waals surface area contributed by atoms with E-state index in [0.29, 0.717) is 61.4 Å². The normalized spacial score (nSPS) is 17.9. The number of hydrogen-bond acceptors (Lipinski definition) is 7. The highest BCUT2D eigenvalue weighted by Gasteiger charge is 2.30. The Balaban J connectivity index is 1.18. The van der Waals surface area contributed by atoms with E-state index in [9.17, 15) is 28.3 Å². The minimum Gasteiger partial charge on any atom is -0.392 e. The van der Waals surface area contributed by atoms with E-state index in [1.54, 1.807) is 44.3 Å². The lowest BCUT2D eigenvalue weighted by molar-refractivity contribution is -0.140. The van der Waals surface area contributed by atoms with Gasteiger partial charge >= 0.3 is 6.18 Å². The maximum atomic E-state index is 13.5. The van der Waals surface area contributed by atoms with Gasteiger partial charge in [0.2, 0.25) is 5.91 Å². The number of alkyl halides is 3. The van der Waals surface area contributed by atoms with Crippen LogP contribution in [0, 0.1) is 23.2 Å². The molecule has 5 rings (SSSR count). The Labute approximate surface area is 267 Å². The van der Waals surface area contributed by atoms with Crippen LogP contribution >= 0.6 is 0 Å². The van der Waals surface area contributed by atoms with Crippen molar-refractivity contribution >= 4 is 22.5 Å². The lowest BCUT2D eigenvalue weighted by Crippen LogP contribution is -2.47. The van der Waals surface area contributed by atoms with E-state index in [4.69, 9.17) is 0 Å². The maximum absolute atomic E-state index is 13.5. The number of aliphatic hydroxyl groups excluding tert-OH is 1. The van der Waals surface area contributed by atoms with Crippen LogP contribution in [0.3, 0.4) is 0 Å². The topological polar surface area (TPSA) is 109 Å². The van der Waals surface area contributed by atoms with Gasteiger partial charge < -0.3 is 25.2 Å². The molecule has 0 saturated carbocycles. The van der Waals surface area contributed by atoms with Crippen molar-refractivity contribution in [2.45, 2.75) is 69.9 Å². The molecule has 1 unspecified atom stereocenters. The van der Waals surface area contributed by atoms with E-state index in [-0.39, 0.29) is 30.3 Å². The van der Waals surface area contributed by atoms with Gasteiger partial charge in [-0.3, -0.25) is 14.7 Å². The van der Waals surface area contributed by atoms with Gasteiger partial charge in [-0.25, -0.2) is 0 Å². The second kappa shape index (κ2) is 14.1. The number of anilines is 1. The number of nitrogens with one attached hydrogen (secondary N) is 2. The number of β-amino-alcohol motifs (C(OH)–C–C–N with tert-alkyl or cyclic N) is 1. The molecule has 2 fully saturated rings. The monoisotopic (exact) mass is 635 g/mol. The molecule has 0 aliphatic carbocycles. The Kier molecular flexibility index (Phi) is 10.2. The van der Waals surface area contributed by atoms with Gasteiger partial charge in [-0.1, -0.05) is 12.0 Å². The Bertz CT molecular complexity index is 1620. The standard InChI is InChI=1S/C34H40F3N7O2/c1-33(2,22-38)31-8-6-27(19-41-31)39-12-3-4-28-17-25-16-24(5-7-30(25)44(28)23-34(35,36)37)18-40-26-9-14-43(15-10-26)32(46)21-42-13-11-29(45)20-42/h5-8,16-17,19,26,29,39-40,45H,9-15,18,20-21,23H2,1-2H3. The summed E-state index contributed by atoms with van der Waals surface area (Å²) in [5.74, 6) is 5.93. The molecule has 3 N–H and O–H groups in total. The lowest BCUT2D eigenvalue weighted by atomic mass is 9.91. The molecule has 2 aliphatic rings. The van der Waals surface area contributed by atoms with Crippen molar-refractivity contribution < 1.29 is 23.1 Å². The minimum absolute atomic E-state index is 0.0999. The number of benzene rings is 1. The number of rotatable bonds is 9. The van der Waals surface area contributed by atoms with Crippen molar-refractivity contribution in [3.05, 3.63) is 59.5 Å². The summed E-state index contributed by atoms with van der Waals surface area (Å²) in [5, 5.41) is 26.3. The van der Waals surface area contributed by atoms with Gasteiger partial charge in [0.25, 0.3) is 0 Å². The third-order valence-corrected chi connectivity index (χ3v) is 8.63. The highest BCUT2D eigenvalue weighted by molar-refractivity contribution is 5.83. The van der Waals surface area contributed by atoms with Crippen LogP contribution in [0.4, 0.5) is 18.9 Å². The Hall–Kier alpha value is -4.10. The summed E-state index contributed by atoms with van der Waals surface area (Å²) in [6.45, 7) is 6.19. The summed E-state index contributed by atoms with van der Waals surface area (Å²) < 4.78 is 41.8. The van der Waals surface area contributed by atoms with Crippen molar-refractivity contribution in [2.75, 3.05) is 44.6 Å². The number of nitriles is 1. The maximum Gasteiger partial charge on any atom is 0.406 e. The van der Waals surface area contributed by atoms with Gasteiger partial charge in [0, 0.05) is 49.7 Å². The molecule has 1 amide bonds. The van der Waals surface area contributed by atoms with Gasteiger partial charge in [0.15, 0.2) is 0 Å². The fourth-order valence-electron chi connectivity index (χ4n) is 5.93. The number of aliphatic hydroxyl groups is 1. The first-order chi connectivity index (χ1) is 21.9. The molecule has 244 valence electrons. The fraction of sp³-hybridized carbons (Fsp3) is 0.500. The summed E-state index contributed by atoms with van der Waals surface area (Å²) in [5.41, 5.74) is 2.34. The fourth-order valence-corrected chi connectivity index (χ4v) is 5.93. The molecular formula is C34H40F3N7O2. The number of aromatic nitrogens is 2. The molecule has 46 heavy (non-hydrogen) atoms. The molecular weight excluding hydrogens is 595 g/mol. The number of nitrogens with zero attached hydrogens (tertiary/aromatic N) is 5. The average Bonchev–Trinajstić information content (AvgIpc) is 3.59. The number of hydrogen-bond donors (Lipinski definition) is 3. The van der Waals surface area contributed by atoms with Crippen molar-refractivity contribution in [1.29, 1.82) is 5.26 Å². The number of amides is 1. The molecule has 1 atom stereocenters. The van der Waals surface area contributed by atoms with Crippen LogP contribution < -0.4 is 10.6 Å². The van der Waals surface area contributed by atoms with Crippen LogP contribution in [0.5, 0.6) is 0 Å². The summed E-state index contributed by atoms with van der Waals surface area (Å²) in [6, 6.07) is 13.2. The van der Waals surface area contributed by atoms with Gasteiger partial charge in [-0.15, -0.1) is 0 Å². The molecule has 0 spiro atoms. The van der Waals surface area contributed by atoms with Gasteiger partial charge in [0.05, 0.1) is 53.9 Å². The van der Waals surface area contributed by atoms with Crippen molar-refractivity contribution in [1.82, 2.24) is 24.7 Å². The van der Waals surface area contributed by atoms with Crippen molar-refractivity contribution in [3.8, 4) is 17.9 Å². The quantitative estimate of drug-likeness (QED) is 0.305. The molecule has 0 radical (unpaired) electrons. The largest absolute Gasteiger partial charge is 0.406 e. The molecule has 2 saturated heterocycles. The summed E-state index contributed by atoms with van der Waals surface area (Å²) in [6.07, 6.45) is -0.781. The highest BCUT2D eigenvalue weighted by atomic mass is 19.4. The second-order valence-corrected chi connectivity index (χ2v) is 12.7. The summed E-state index contributed by atoms with van der Waals surface area (Å²) in [7, 11) is 0. The van der Waals surface area contributed by atoms with Gasteiger partial charge in [-0.05, 0) is 74.9 Å². The van der Waals surface area contributed by atoms with Crippen LogP contribution in [-0.4, -0.2) is 88.0 Å². The molecule has 12 heteroatoms. The highest BCUT2D eigenvalue weighted by Crippen LogP contribution is 2.27. The first-order valence-electron chi connectivity index (χ1n) is 15.6. The molecule has 2 aromatic heterocycles. The third-order valence-electron chi connectivity index (χ3n) is 8.63. The SMILES string of the molecule is CC(C)(C#N)c1ccc(NCC#Cc2cc3cc(CNC4CCN(C(=O)CN5CCC(O)C5)CC4)ccc3n2CC(F)(F)F)cn1.